The van der Waals surface area contributed by atoms with Crippen molar-refractivity contribution >= 4 is 23.5 Å². The first-order valence-corrected chi connectivity index (χ1v) is 12.5. The first-order valence-electron chi connectivity index (χ1n) is 12.5. The molecule has 1 saturated heterocycles. The first kappa shape index (κ1) is 27.2. The van der Waals surface area contributed by atoms with E-state index < -0.39 is 23.6 Å². The van der Waals surface area contributed by atoms with Crippen molar-refractivity contribution in [3.8, 4) is 17.4 Å². The van der Waals surface area contributed by atoms with Crippen LogP contribution in [0.15, 0.2) is 42.6 Å². The van der Waals surface area contributed by atoms with Gasteiger partial charge in [-0.2, -0.15) is 18.2 Å². The van der Waals surface area contributed by atoms with Gasteiger partial charge in [0.15, 0.2) is 0 Å². The number of nitrogens with zero attached hydrogens (tertiary/aromatic N) is 3. The molecule has 0 atom stereocenters. The van der Waals surface area contributed by atoms with Gasteiger partial charge in [-0.15, -0.1) is 0 Å². The molecule has 5 rings (SSSR count). The molecular formula is C27H26F3N5O5. The minimum absolute atomic E-state index is 0.000112. The van der Waals surface area contributed by atoms with Gasteiger partial charge in [-0.05, 0) is 57.2 Å². The number of carbonyl (C=O) groups excluding carboxylic acids is 2. The normalized spacial score (nSPS) is 15.8. The lowest BCUT2D eigenvalue weighted by Gasteiger charge is -2.29. The van der Waals surface area contributed by atoms with Crippen molar-refractivity contribution in [1.82, 2.24) is 20.2 Å². The number of piperidine rings is 1. The monoisotopic (exact) mass is 557 g/mol. The molecule has 2 aromatic carbocycles. The predicted molar refractivity (Wildman–Crippen MR) is 137 cm³/mol. The average molecular weight is 558 g/mol. The number of alkyl halides is 3. The summed E-state index contributed by atoms with van der Waals surface area (Å²) in [4.78, 5) is 34.9. The Bertz CT molecular complexity index is 1440. The number of rotatable bonds is 7. The number of halogens is 3. The minimum atomic E-state index is -4.83. The molecule has 2 N–H and O–H groups in total. The summed E-state index contributed by atoms with van der Waals surface area (Å²) in [6.45, 7) is 1.79. The number of fused-ring (bicyclic) bond motifs is 1. The fourth-order valence-corrected chi connectivity index (χ4v) is 4.51. The number of ether oxygens (including phenoxy) is 3. The molecule has 1 fully saturated rings. The number of likely N-dealkylation sites (tertiary alicyclic amines) is 1. The summed E-state index contributed by atoms with van der Waals surface area (Å²) >= 11 is 0. The number of hydrogen-bond acceptors (Lipinski definition) is 9. The Morgan fingerprint density at radius 2 is 1.93 bits per heavy atom. The van der Waals surface area contributed by atoms with Gasteiger partial charge in [0.25, 0.3) is 5.91 Å². The molecule has 210 valence electrons. The number of hydrogen-bond donors (Lipinski definition) is 2. The molecule has 1 amide bonds. The van der Waals surface area contributed by atoms with E-state index in [9.17, 15) is 22.8 Å². The number of aromatic nitrogens is 2. The number of amides is 1. The molecule has 2 aliphatic heterocycles. The Labute approximate surface area is 227 Å². The zero-order valence-electron chi connectivity index (χ0n) is 21.7. The molecule has 1 aromatic heterocycles. The lowest BCUT2D eigenvalue weighted by Crippen LogP contribution is -2.43. The highest BCUT2D eigenvalue weighted by Gasteiger charge is 2.37. The lowest BCUT2D eigenvalue weighted by molar-refractivity contribution is -0.139. The number of anilines is 2. The van der Waals surface area contributed by atoms with Crippen LogP contribution in [-0.4, -0.2) is 60.0 Å². The van der Waals surface area contributed by atoms with E-state index in [1.54, 1.807) is 24.3 Å². The third-order valence-electron chi connectivity index (χ3n) is 6.71. The first-order chi connectivity index (χ1) is 19.1. The van der Waals surface area contributed by atoms with Crippen LogP contribution in [0.1, 0.15) is 44.7 Å². The van der Waals surface area contributed by atoms with Crippen LogP contribution < -0.4 is 20.1 Å². The van der Waals surface area contributed by atoms with Crippen molar-refractivity contribution in [2.24, 2.45) is 0 Å². The van der Waals surface area contributed by atoms with Crippen molar-refractivity contribution < 1.29 is 37.0 Å². The lowest BCUT2D eigenvalue weighted by atomic mass is 10.0. The Balaban J connectivity index is 1.39. The summed E-state index contributed by atoms with van der Waals surface area (Å²) in [5.41, 5.74) is -0.0145. The van der Waals surface area contributed by atoms with E-state index in [1.165, 1.54) is 19.2 Å². The number of nitrogens with one attached hydrogen (secondary N) is 2. The standard InChI is InChI=1S/C27H26F3N5O5/c1-35-10-8-17(9-11-35)32-23(36)15-6-7-19(21(12-15)38-2)33-26-31-13-18(27(28,29)30)24(34-26)40-20-5-3-4-16-14-39-25(37)22(16)20/h3-7,12-13,17H,8-11,14H2,1-2H3,(H,32,36)(H,31,33,34). The van der Waals surface area contributed by atoms with Gasteiger partial charge in [0, 0.05) is 23.4 Å². The average Bonchev–Trinajstić information content (AvgIpc) is 3.31. The molecule has 2 aliphatic rings. The second-order valence-corrected chi connectivity index (χ2v) is 9.47. The van der Waals surface area contributed by atoms with E-state index in [0.29, 0.717) is 23.0 Å². The van der Waals surface area contributed by atoms with E-state index in [-0.39, 0.29) is 41.6 Å². The molecule has 10 nitrogen and oxygen atoms in total. The van der Waals surface area contributed by atoms with Crippen molar-refractivity contribution in [2.45, 2.75) is 31.7 Å². The summed E-state index contributed by atoms with van der Waals surface area (Å²) < 4.78 is 57.2. The molecule has 40 heavy (non-hydrogen) atoms. The number of methoxy groups -OCH3 is 1. The van der Waals surface area contributed by atoms with Gasteiger partial charge in [-0.25, -0.2) is 9.78 Å². The molecule has 3 heterocycles. The quantitative estimate of drug-likeness (QED) is 0.404. The van der Waals surface area contributed by atoms with Crippen LogP contribution in [0.2, 0.25) is 0 Å². The third kappa shape index (κ3) is 5.78. The fourth-order valence-electron chi connectivity index (χ4n) is 4.51. The predicted octanol–water partition coefficient (Wildman–Crippen LogP) is 4.53. The zero-order valence-corrected chi connectivity index (χ0v) is 21.7. The smallest absolute Gasteiger partial charge is 0.423 e. The topological polar surface area (TPSA) is 115 Å². The molecule has 0 spiro atoms. The van der Waals surface area contributed by atoms with E-state index in [4.69, 9.17) is 14.2 Å². The van der Waals surface area contributed by atoms with Gasteiger partial charge < -0.3 is 29.7 Å². The molecule has 0 bridgehead atoms. The highest BCUT2D eigenvalue weighted by Crippen LogP contribution is 2.40. The molecule has 0 saturated carbocycles. The summed E-state index contributed by atoms with van der Waals surface area (Å²) in [5, 5.41) is 5.84. The molecule has 3 aromatic rings. The van der Waals surface area contributed by atoms with Crippen molar-refractivity contribution in [1.29, 1.82) is 0 Å². The maximum absolute atomic E-state index is 13.8. The van der Waals surface area contributed by atoms with Crippen LogP contribution in [-0.2, 0) is 17.5 Å². The summed E-state index contributed by atoms with van der Waals surface area (Å²) in [5.74, 6) is -1.84. The maximum Gasteiger partial charge on any atom is 0.423 e. The molecule has 13 heteroatoms. The van der Waals surface area contributed by atoms with Crippen molar-refractivity contribution in [3.05, 3.63) is 64.8 Å². The molecule has 0 aliphatic carbocycles. The van der Waals surface area contributed by atoms with Crippen molar-refractivity contribution in [3.63, 3.8) is 0 Å². The SMILES string of the molecule is COc1cc(C(=O)NC2CCN(C)CC2)ccc1Nc1ncc(C(F)(F)F)c(Oc2cccc3c2C(=O)OC3)n1. The second kappa shape index (κ2) is 11.0. The highest BCUT2D eigenvalue weighted by atomic mass is 19.4. The number of carbonyl (C=O) groups is 2. The maximum atomic E-state index is 13.8. The van der Waals surface area contributed by atoms with Crippen LogP contribution in [0.4, 0.5) is 24.8 Å². The van der Waals surface area contributed by atoms with Gasteiger partial charge in [-0.3, -0.25) is 4.79 Å². The Kier molecular flexibility index (Phi) is 7.48. The van der Waals surface area contributed by atoms with E-state index >= 15 is 0 Å². The summed E-state index contributed by atoms with van der Waals surface area (Å²) in [6.07, 6.45) is -2.54. The summed E-state index contributed by atoms with van der Waals surface area (Å²) in [6, 6.07) is 9.22. The minimum Gasteiger partial charge on any atom is -0.495 e. The van der Waals surface area contributed by atoms with Gasteiger partial charge in [-0.1, -0.05) is 12.1 Å². The van der Waals surface area contributed by atoms with Crippen LogP contribution in [0.25, 0.3) is 0 Å². The Morgan fingerprint density at radius 1 is 1.15 bits per heavy atom. The molecule has 0 unspecified atom stereocenters. The largest absolute Gasteiger partial charge is 0.495 e. The van der Waals surface area contributed by atoms with Crippen LogP contribution >= 0.6 is 0 Å². The Morgan fingerprint density at radius 3 is 2.65 bits per heavy atom. The highest BCUT2D eigenvalue weighted by molar-refractivity contribution is 5.96. The van der Waals surface area contributed by atoms with Gasteiger partial charge in [0.2, 0.25) is 11.8 Å². The van der Waals surface area contributed by atoms with Gasteiger partial charge in [0.05, 0.1) is 12.8 Å². The van der Waals surface area contributed by atoms with Crippen LogP contribution in [0, 0.1) is 0 Å². The zero-order chi connectivity index (χ0) is 28.4. The van der Waals surface area contributed by atoms with E-state index in [2.05, 4.69) is 25.5 Å². The Hall–Kier alpha value is -4.39. The molecule has 0 radical (unpaired) electrons. The number of benzene rings is 2. The second-order valence-electron chi connectivity index (χ2n) is 9.47. The third-order valence-corrected chi connectivity index (χ3v) is 6.71. The van der Waals surface area contributed by atoms with Crippen LogP contribution in [0.3, 0.4) is 0 Å². The fraction of sp³-hybridized carbons (Fsp3) is 0.333. The number of esters is 1. The number of cyclic esters (lactones) is 1. The summed E-state index contributed by atoms with van der Waals surface area (Å²) in [7, 11) is 3.43. The van der Waals surface area contributed by atoms with Gasteiger partial charge >= 0.3 is 12.1 Å². The van der Waals surface area contributed by atoms with Crippen LogP contribution in [0.5, 0.6) is 17.4 Å². The van der Waals surface area contributed by atoms with Gasteiger partial charge in [0.1, 0.15) is 29.2 Å². The van der Waals surface area contributed by atoms with E-state index in [0.717, 1.165) is 25.9 Å². The van der Waals surface area contributed by atoms with Crippen molar-refractivity contribution in [2.75, 3.05) is 32.6 Å². The molecular weight excluding hydrogens is 531 g/mol. The van der Waals surface area contributed by atoms with E-state index in [1.807, 2.05) is 7.05 Å².